The number of aliphatic imine (C=N–C) groups is 1. The van der Waals surface area contributed by atoms with Gasteiger partial charge >= 0.3 is 0 Å². The first-order valence-electron chi connectivity index (χ1n) is 11.7. The monoisotopic (exact) mass is 429 g/mol. The molecule has 6 rings (SSSR count). The number of rotatable bonds is 4. The van der Waals surface area contributed by atoms with Gasteiger partial charge in [-0.05, 0) is 48.1 Å². The first kappa shape index (κ1) is 20.0. The Morgan fingerprint density at radius 3 is 2.73 bits per heavy atom. The van der Waals surface area contributed by atoms with Crippen LogP contribution in [0.25, 0.3) is 11.3 Å². The Morgan fingerprint density at radius 1 is 1.00 bits per heavy atom. The molecule has 0 radical (unpaired) electrons. The van der Waals surface area contributed by atoms with E-state index in [1.54, 1.807) is 11.1 Å². The van der Waals surface area contributed by atoms with Gasteiger partial charge in [-0.2, -0.15) is 0 Å². The molecule has 0 spiro atoms. The van der Waals surface area contributed by atoms with Gasteiger partial charge in [-0.3, -0.25) is 9.80 Å². The molecule has 4 aliphatic rings. The van der Waals surface area contributed by atoms with Crippen molar-refractivity contribution in [2.45, 2.75) is 19.3 Å². The van der Waals surface area contributed by atoms with E-state index in [0.717, 1.165) is 55.3 Å². The molecule has 1 aliphatic carbocycles. The molecule has 162 valence electrons. The van der Waals surface area contributed by atoms with Gasteiger partial charge in [0.2, 0.25) is 0 Å². The lowest BCUT2D eigenvalue weighted by molar-refractivity contribution is 0.303. The summed E-state index contributed by atoms with van der Waals surface area (Å²) in [6.07, 6.45) is 11.4. The summed E-state index contributed by atoms with van der Waals surface area (Å²) < 4.78 is 0. The smallest absolute Gasteiger partial charge is 0.138 e. The third kappa shape index (κ3) is 3.56. The van der Waals surface area contributed by atoms with Gasteiger partial charge < -0.3 is 0 Å². The average Bonchev–Trinajstić information content (AvgIpc) is 3.25. The molecule has 33 heavy (non-hydrogen) atoms. The zero-order chi connectivity index (χ0) is 22.2. The van der Waals surface area contributed by atoms with E-state index in [0.29, 0.717) is 0 Å². The first-order valence-corrected chi connectivity index (χ1v) is 11.7. The maximum atomic E-state index is 5.07. The standard InChI is InChI=1S/C30H27N3/c1-2-28-26(30(22-10-4-3-5-11-22)31-29-14-8-9-17-33(28)29)16-19-32-18-15-24-20-23-12-6-7-13-25(23)27(24)21-32/h3-14,17H,1,15-16,18-21H2. The van der Waals surface area contributed by atoms with Crippen LogP contribution in [0, 0.1) is 0 Å². The first-order chi connectivity index (χ1) is 16.3. The highest BCUT2D eigenvalue weighted by Gasteiger charge is 2.29. The van der Waals surface area contributed by atoms with Gasteiger partial charge in [0.1, 0.15) is 5.84 Å². The number of amidine groups is 1. The van der Waals surface area contributed by atoms with Crippen molar-refractivity contribution in [1.82, 2.24) is 9.80 Å². The van der Waals surface area contributed by atoms with Crippen LogP contribution in [0.4, 0.5) is 0 Å². The second-order valence-electron chi connectivity index (χ2n) is 8.95. The minimum absolute atomic E-state index is 0.914. The predicted octanol–water partition coefficient (Wildman–Crippen LogP) is 5.97. The molecular formula is C30H27N3. The fourth-order valence-electron chi connectivity index (χ4n) is 5.41. The molecule has 0 N–H and O–H groups in total. The van der Waals surface area contributed by atoms with Crippen LogP contribution in [0.5, 0.6) is 0 Å². The number of allylic oxidation sites excluding steroid dienone is 3. The summed E-state index contributed by atoms with van der Waals surface area (Å²) in [6.45, 7) is 7.20. The molecule has 0 unspecified atom stereocenters. The van der Waals surface area contributed by atoms with E-state index >= 15 is 0 Å². The summed E-state index contributed by atoms with van der Waals surface area (Å²) in [6, 6.07) is 19.4. The number of hydrogen-bond donors (Lipinski definition) is 0. The van der Waals surface area contributed by atoms with Gasteiger partial charge in [0.05, 0.1) is 11.4 Å². The molecule has 3 aliphatic heterocycles. The molecule has 3 nitrogen and oxygen atoms in total. The van der Waals surface area contributed by atoms with Gasteiger partial charge in [-0.15, -0.1) is 5.73 Å². The Hall–Kier alpha value is -3.65. The van der Waals surface area contributed by atoms with Crippen molar-refractivity contribution >= 4 is 17.1 Å². The van der Waals surface area contributed by atoms with Crippen molar-refractivity contribution in [2.75, 3.05) is 19.6 Å². The minimum atomic E-state index is 0.914. The Balaban J connectivity index is 1.30. The average molecular weight is 430 g/mol. The van der Waals surface area contributed by atoms with Gasteiger partial charge in [0.15, 0.2) is 0 Å². The molecule has 3 heteroatoms. The number of hydrogen-bond acceptors (Lipinski definition) is 3. The molecule has 2 aromatic carbocycles. The normalized spacial score (nSPS) is 19.3. The van der Waals surface area contributed by atoms with E-state index in [1.165, 1.54) is 23.1 Å². The highest BCUT2D eigenvalue weighted by Crippen LogP contribution is 2.39. The van der Waals surface area contributed by atoms with Gasteiger partial charge in [0.25, 0.3) is 0 Å². The van der Waals surface area contributed by atoms with E-state index in [2.05, 4.69) is 82.9 Å². The van der Waals surface area contributed by atoms with E-state index in [1.807, 2.05) is 18.2 Å². The predicted molar refractivity (Wildman–Crippen MR) is 136 cm³/mol. The molecule has 3 heterocycles. The SMILES string of the molecule is C=C=C1C(CCN2CCC3=C(C2)c2ccccc2C3)=C(c2ccccc2)N=C2C=CC=CN12. The van der Waals surface area contributed by atoms with Crippen molar-refractivity contribution in [1.29, 1.82) is 0 Å². The summed E-state index contributed by atoms with van der Waals surface area (Å²) in [7, 11) is 0. The lowest BCUT2D eigenvalue weighted by atomic mass is 9.96. The summed E-state index contributed by atoms with van der Waals surface area (Å²) >= 11 is 0. The van der Waals surface area contributed by atoms with Crippen molar-refractivity contribution in [3.05, 3.63) is 125 Å². The van der Waals surface area contributed by atoms with Crippen molar-refractivity contribution < 1.29 is 0 Å². The summed E-state index contributed by atoms with van der Waals surface area (Å²) in [5.74, 6) is 0.918. The van der Waals surface area contributed by atoms with Crippen LogP contribution >= 0.6 is 0 Å². The van der Waals surface area contributed by atoms with Crippen LogP contribution in [0.3, 0.4) is 0 Å². The van der Waals surface area contributed by atoms with Crippen molar-refractivity contribution in [3.8, 4) is 0 Å². The lowest BCUT2D eigenvalue weighted by Gasteiger charge is -2.33. The molecule has 0 saturated heterocycles. The van der Waals surface area contributed by atoms with E-state index in [4.69, 9.17) is 4.99 Å². The molecule has 0 fully saturated rings. The fraction of sp³-hybridized carbons (Fsp3) is 0.200. The number of benzene rings is 2. The largest absolute Gasteiger partial charge is 0.298 e. The molecule has 0 bridgehead atoms. The van der Waals surface area contributed by atoms with Crippen LogP contribution in [0.15, 0.2) is 113 Å². The van der Waals surface area contributed by atoms with E-state index < -0.39 is 0 Å². The van der Waals surface area contributed by atoms with Crippen molar-refractivity contribution in [2.24, 2.45) is 4.99 Å². The lowest BCUT2D eigenvalue weighted by Crippen LogP contribution is -2.33. The fourth-order valence-corrected chi connectivity index (χ4v) is 5.41. The second-order valence-corrected chi connectivity index (χ2v) is 8.95. The Kier molecular flexibility index (Phi) is 5.07. The van der Waals surface area contributed by atoms with Crippen LogP contribution in [-0.2, 0) is 6.42 Å². The third-order valence-electron chi connectivity index (χ3n) is 7.05. The van der Waals surface area contributed by atoms with Crippen LogP contribution in [0.2, 0.25) is 0 Å². The molecular weight excluding hydrogens is 402 g/mol. The molecule has 0 atom stereocenters. The third-order valence-corrected chi connectivity index (χ3v) is 7.05. The molecule has 0 amide bonds. The van der Waals surface area contributed by atoms with Gasteiger partial charge in [-0.1, -0.05) is 72.8 Å². The van der Waals surface area contributed by atoms with Crippen LogP contribution < -0.4 is 0 Å². The highest BCUT2D eigenvalue weighted by molar-refractivity contribution is 6.02. The van der Waals surface area contributed by atoms with E-state index in [9.17, 15) is 0 Å². The van der Waals surface area contributed by atoms with Crippen LogP contribution in [-0.4, -0.2) is 35.3 Å². The maximum Gasteiger partial charge on any atom is 0.138 e. The summed E-state index contributed by atoms with van der Waals surface area (Å²) in [4.78, 5) is 9.78. The second kappa shape index (κ2) is 8.37. The zero-order valence-electron chi connectivity index (χ0n) is 18.8. The minimum Gasteiger partial charge on any atom is -0.298 e. The van der Waals surface area contributed by atoms with Crippen molar-refractivity contribution in [3.63, 3.8) is 0 Å². The Labute approximate surface area is 195 Å². The quantitative estimate of drug-likeness (QED) is 0.558. The zero-order valence-corrected chi connectivity index (χ0v) is 18.8. The Bertz CT molecular complexity index is 1310. The van der Waals surface area contributed by atoms with Gasteiger partial charge in [0, 0.05) is 37.0 Å². The molecule has 0 aromatic heterocycles. The number of fused-ring (bicyclic) bond motifs is 3. The molecule has 2 aromatic rings. The summed E-state index contributed by atoms with van der Waals surface area (Å²) in [5, 5.41) is 0. The van der Waals surface area contributed by atoms with Gasteiger partial charge in [-0.25, -0.2) is 4.99 Å². The molecule has 0 saturated carbocycles. The van der Waals surface area contributed by atoms with E-state index in [-0.39, 0.29) is 0 Å². The Morgan fingerprint density at radius 2 is 1.85 bits per heavy atom. The topological polar surface area (TPSA) is 18.8 Å². The summed E-state index contributed by atoms with van der Waals surface area (Å²) in [5.41, 5.74) is 13.8. The van der Waals surface area contributed by atoms with Crippen LogP contribution in [0.1, 0.15) is 29.5 Å². The number of nitrogens with zero attached hydrogens (tertiary/aromatic N) is 3. The maximum absolute atomic E-state index is 5.07. The highest BCUT2D eigenvalue weighted by atomic mass is 15.2.